The highest BCUT2D eigenvalue weighted by molar-refractivity contribution is 7.99. The van der Waals surface area contributed by atoms with Gasteiger partial charge >= 0.3 is 0 Å². The van der Waals surface area contributed by atoms with Gasteiger partial charge in [0.2, 0.25) is 0 Å². The molecule has 2 heterocycles. The minimum Gasteiger partial charge on any atom is -0.313 e. The van der Waals surface area contributed by atoms with Crippen molar-refractivity contribution >= 4 is 34.7 Å². The van der Waals surface area contributed by atoms with E-state index < -0.39 is 0 Å². The molecule has 1 aliphatic heterocycles. The fourth-order valence-corrected chi connectivity index (χ4v) is 5.30. The number of halogens is 1. The molecule has 1 N–H and O–H groups in total. The Labute approximate surface area is 133 Å². The third kappa shape index (κ3) is 3.06. The molecule has 0 bridgehead atoms. The summed E-state index contributed by atoms with van der Waals surface area (Å²) in [6.07, 6.45) is 1.06. The van der Waals surface area contributed by atoms with E-state index in [-0.39, 0.29) is 0 Å². The van der Waals surface area contributed by atoms with E-state index in [0.717, 1.165) is 17.3 Å². The fraction of sp³-hybridized carbons (Fsp3) is 0.375. The van der Waals surface area contributed by atoms with Crippen molar-refractivity contribution in [2.24, 2.45) is 0 Å². The maximum absolute atomic E-state index is 6.06. The van der Waals surface area contributed by atoms with Crippen molar-refractivity contribution in [2.75, 3.05) is 12.3 Å². The number of fused-ring (bicyclic) bond motifs is 1. The zero-order valence-corrected chi connectivity index (χ0v) is 13.8. The monoisotopic (exact) mass is 323 g/mol. The van der Waals surface area contributed by atoms with Crippen LogP contribution >= 0.6 is 34.7 Å². The molecule has 3 rings (SSSR count). The number of rotatable bonds is 5. The third-order valence-electron chi connectivity index (χ3n) is 3.74. The molecule has 1 aromatic carbocycles. The number of thioether (sulfide) groups is 1. The topological polar surface area (TPSA) is 12.0 Å². The second kappa shape index (κ2) is 6.52. The van der Waals surface area contributed by atoms with Crippen molar-refractivity contribution in [1.29, 1.82) is 0 Å². The molecule has 4 heteroatoms. The van der Waals surface area contributed by atoms with Gasteiger partial charge in [0.25, 0.3) is 0 Å². The second-order valence-corrected chi connectivity index (χ2v) is 7.89. The predicted molar refractivity (Wildman–Crippen MR) is 90.4 cm³/mol. The van der Waals surface area contributed by atoms with Crippen LogP contribution in [0.5, 0.6) is 0 Å². The van der Waals surface area contributed by atoms with Crippen LogP contribution in [0.3, 0.4) is 0 Å². The summed E-state index contributed by atoms with van der Waals surface area (Å²) in [6, 6.07) is 13.5. The largest absolute Gasteiger partial charge is 0.313 e. The van der Waals surface area contributed by atoms with Gasteiger partial charge in [0.05, 0.1) is 4.34 Å². The van der Waals surface area contributed by atoms with Gasteiger partial charge in [-0.1, -0.05) is 36.7 Å². The van der Waals surface area contributed by atoms with Gasteiger partial charge in [0.1, 0.15) is 0 Å². The van der Waals surface area contributed by atoms with Gasteiger partial charge in [0.15, 0.2) is 0 Å². The Balaban J connectivity index is 1.81. The van der Waals surface area contributed by atoms with Crippen LogP contribution in [0.25, 0.3) is 0 Å². The van der Waals surface area contributed by atoms with Crippen LogP contribution in [0.2, 0.25) is 4.34 Å². The molecule has 0 amide bonds. The molecule has 1 aliphatic rings. The summed E-state index contributed by atoms with van der Waals surface area (Å²) in [6.45, 7) is 3.19. The quantitative estimate of drug-likeness (QED) is 0.847. The average Bonchev–Trinajstić information content (AvgIpc) is 3.04. The van der Waals surface area contributed by atoms with Crippen molar-refractivity contribution in [1.82, 2.24) is 5.32 Å². The second-order valence-electron chi connectivity index (χ2n) is 5.03. The number of thiophene rings is 1. The van der Waals surface area contributed by atoms with Crippen LogP contribution in [0.15, 0.2) is 41.3 Å². The lowest BCUT2D eigenvalue weighted by atomic mass is 9.91. The zero-order valence-electron chi connectivity index (χ0n) is 11.4. The van der Waals surface area contributed by atoms with E-state index in [1.165, 1.54) is 21.1 Å². The first-order valence-electron chi connectivity index (χ1n) is 6.97. The highest BCUT2D eigenvalue weighted by Crippen LogP contribution is 2.42. The molecule has 0 aliphatic carbocycles. The SMILES string of the molecule is CCNC(Cc1ccc(Cl)s1)C1CSc2ccccc21. The van der Waals surface area contributed by atoms with E-state index in [4.69, 9.17) is 11.6 Å². The summed E-state index contributed by atoms with van der Waals surface area (Å²) in [5.41, 5.74) is 1.51. The van der Waals surface area contributed by atoms with Crippen molar-refractivity contribution < 1.29 is 0 Å². The van der Waals surface area contributed by atoms with Crippen LogP contribution < -0.4 is 5.32 Å². The van der Waals surface area contributed by atoms with Crippen LogP contribution in [0.1, 0.15) is 23.3 Å². The van der Waals surface area contributed by atoms with Gasteiger partial charge in [-0.2, -0.15) is 0 Å². The van der Waals surface area contributed by atoms with Crippen LogP contribution in [0.4, 0.5) is 0 Å². The Kier molecular flexibility index (Phi) is 4.72. The van der Waals surface area contributed by atoms with Gasteiger partial charge in [0, 0.05) is 27.5 Å². The summed E-state index contributed by atoms with van der Waals surface area (Å²) in [7, 11) is 0. The standard InChI is InChI=1S/C16H18ClNS2/c1-2-18-14(9-11-7-8-16(17)20-11)13-10-19-15-6-4-3-5-12(13)15/h3-8,13-14,18H,2,9-10H2,1H3. The summed E-state index contributed by atoms with van der Waals surface area (Å²) in [5, 5.41) is 3.67. The minimum atomic E-state index is 0.492. The molecule has 0 fully saturated rings. The first-order valence-corrected chi connectivity index (χ1v) is 9.15. The highest BCUT2D eigenvalue weighted by atomic mass is 35.5. The van der Waals surface area contributed by atoms with Crippen molar-refractivity contribution in [3.63, 3.8) is 0 Å². The Morgan fingerprint density at radius 1 is 1.30 bits per heavy atom. The molecule has 106 valence electrons. The number of likely N-dealkylation sites (N-methyl/N-ethyl adjacent to an activating group) is 1. The Morgan fingerprint density at radius 3 is 2.90 bits per heavy atom. The summed E-state index contributed by atoms with van der Waals surface area (Å²) in [4.78, 5) is 2.82. The number of nitrogens with one attached hydrogen (secondary N) is 1. The highest BCUT2D eigenvalue weighted by Gasteiger charge is 2.30. The normalized spacial score (nSPS) is 19.0. The number of hydrogen-bond acceptors (Lipinski definition) is 3. The van der Waals surface area contributed by atoms with E-state index >= 15 is 0 Å². The van der Waals surface area contributed by atoms with E-state index in [1.807, 2.05) is 17.8 Å². The first-order chi connectivity index (χ1) is 9.78. The number of hydrogen-bond donors (Lipinski definition) is 1. The third-order valence-corrected chi connectivity index (χ3v) is 6.20. The van der Waals surface area contributed by atoms with Gasteiger partial charge in [-0.3, -0.25) is 0 Å². The smallest absolute Gasteiger partial charge is 0.0931 e. The molecule has 1 aromatic heterocycles. The van der Waals surface area contributed by atoms with E-state index in [1.54, 1.807) is 11.3 Å². The van der Waals surface area contributed by atoms with Gasteiger partial charge in [-0.15, -0.1) is 23.1 Å². The van der Waals surface area contributed by atoms with Crippen LogP contribution in [0, 0.1) is 0 Å². The van der Waals surface area contributed by atoms with Gasteiger partial charge in [-0.25, -0.2) is 0 Å². The summed E-state index contributed by atoms with van der Waals surface area (Å²) >= 11 is 9.74. The molecule has 2 unspecified atom stereocenters. The molecular weight excluding hydrogens is 306 g/mol. The Morgan fingerprint density at radius 2 is 2.15 bits per heavy atom. The molecule has 0 spiro atoms. The fourth-order valence-electron chi connectivity index (χ4n) is 2.82. The molecule has 1 nitrogen and oxygen atoms in total. The lowest BCUT2D eigenvalue weighted by Crippen LogP contribution is -2.36. The van der Waals surface area contributed by atoms with E-state index in [2.05, 4.69) is 42.6 Å². The molecule has 0 saturated carbocycles. The molecule has 0 saturated heterocycles. The summed E-state index contributed by atoms with van der Waals surface area (Å²) < 4.78 is 0.886. The summed E-state index contributed by atoms with van der Waals surface area (Å²) in [5.74, 6) is 1.77. The van der Waals surface area contributed by atoms with Gasteiger partial charge in [-0.05, 0) is 36.7 Å². The first kappa shape index (κ1) is 14.5. The lowest BCUT2D eigenvalue weighted by molar-refractivity contribution is 0.465. The molecular formula is C16H18ClNS2. The van der Waals surface area contributed by atoms with Crippen molar-refractivity contribution in [3.8, 4) is 0 Å². The van der Waals surface area contributed by atoms with Crippen molar-refractivity contribution in [2.45, 2.75) is 30.2 Å². The van der Waals surface area contributed by atoms with Crippen molar-refractivity contribution in [3.05, 3.63) is 51.2 Å². The maximum Gasteiger partial charge on any atom is 0.0931 e. The maximum atomic E-state index is 6.06. The van der Waals surface area contributed by atoms with Crippen LogP contribution in [-0.4, -0.2) is 18.3 Å². The lowest BCUT2D eigenvalue weighted by Gasteiger charge is -2.24. The molecule has 2 aromatic rings. The average molecular weight is 324 g/mol. The Hall–Kier alpha value is -0.480. The van der Waals surface area contributed by atoms with E-state index in [9.17, 15) is 0 Å². The zero-order chi connectivity index (χ0) is 13.9. The molecule has 2 atom stereocenters. The molecule has 20 heavy (non-hydrogen) atoms. The minimum absolute atomic E-state index is 0.492. The number of benzene rings is 1. The molecule has 0 radical (unpaired) electrons. The Bertz CT molecular complexity index is 581. The van der Waals surface area contributed by atoms with Crippen LogP contribution in [-0.2, 0) is 6.42 Å². The van der Waals surface area contributed by atoms with E-state index in [0.29, 0.717) is 12.0 Å². The predicted octanol–water partition coefficient (Wildman–Crippen LogP) is 4.81. The van der Waals surface area contributed by atoms with Gasteiger partial charge < -0.3 is 5.32 Å².